The molecule has 2 saturated heterocycles. The van der Waals surface area contributed by atoms with Crippen molar-refractivity contribution in [1.82, 2.24) is 4.90 Å². The number of amides is 1. The van der Waals surface area contributed by atoms with Crippen LogP contribution in [0.2, 0.25) is 0 Å². The van der Waals surface area contributed by atoms with Crippen LogP contribution >= 0.6 is 24.8 Å². The number of likely N-dealkylation sites (N-methyl/N-ethyl adjacent to an activating group) is 1. The molecular weight excluding hydrogens is 377 g/mol. The molecule has 0 saturated carbocycles. The molecule has 2 aliphatic heterocycles. The molecule has 3 rings (SSSR count). The zero-order chi connectivity index (χ0) is 17.0. The Balaban J connectivity index is 0.00000169. The Kier molecular flexibility index (Phi) is 9.13. The number of nitrogens with two attached hydrogens (primary N) is 1. The first-order valence-electron chi connectivity index (χ1n) is 8.63. The van der Waals surface area contributed by atoms with Crippen LogP contribution in [0.15, 0.2) is 24.3 Å². The second-order valence-corrected chi connectivity index (χ2v) is 6.66. The first-order valence-corrected chi connectivity index (χ1v) is 8.63. The summed E-state index contributed by atoms with van der Waals surface area (Å²) in [5.74, 6) is 0.00239. The van der Waals surface area contributed by atoms with Crippen LogP contribution in [-0.2, 0) is 20.8 Å². The number of benzene rings is 1. The van der Waals surface area contributed by atoms with Crippen LogP contribution in [-0.4, -0.2) is 62.9 Å². The number of nitrogens with zero attached hydrogens (tertiary/aromatic N) is 2. The third kappa shape index (κ3) is 5.24. The van der Waals surface area contributed by atoms with E-state index in [-0.39, 0.29) is 30.7 Å². The summed E-state index contributed by atoms with van der Waals surface area (Å²) in [5.41, 5.74) is 7.87. The fourth-order valence-corrected chi connectivity index (χ4v) is 3.41. The van der Waals surface area contributed by atoms with Crippen LogP contribution in [0.3, 0.4) is 0 Å². The maximum absolute atomic E-state index is 12.8. The van der Waals surface area contributed by atoms with Crippen molar-refractivity contribution in [3.8, 4) is 0 Å². The summed E-state index contributed by atoms with van der Waals surface area (Å²) in [4.78, 5) is 16.9. The number of hydrogen-bond donors (Lipinski definition) is 1. The molecule has 2 fully saturated rings. The van der Waals surface area contributed by atoms with Gasteiger partial charge in [-0.25, -0.2) is 0 Å². The molecule has 148 valence electrons. The lowest BCUT2D eigenvalue weighted by molar-refractivity contribution is -0.139. The van der Waals surface area contributed by atoms with E-state index in [0.717, 1.165) is 31.9 Å². The van der Waals surface area contributed by atoms with Gasteiger partial charge in [-0.05, 0) is 24.5 Å². The van der Waals surface area contributed by atoms with E-state index in [0.29, 0.717) is 32.6 Å². The lowest BCUT2D eigenvalue weighted by atomic mass is 9.89. The van der Waals surface area contributed by atoms with E-state index in [2.05, 4.69) is 17.0 Å². The molecule has 26 heavy (non-hydrogen) atoms. The Bertz CT molecular complexity index is 577. The van der Waals surface area contributed by atoms with Crippen LogP contribution in [0.25, 0.3) is 0 Å². The van der Waals surface area contributed by atoms with Gasteiger partial charge < -0.3 is 25.0 Å². The number of ether oxygens (including phenoxy) is 2. The molecule has 2 aliphatic rings. The van der Waals surface area contributed by atoms with Crippen molar-refractivity contribution >= 4 is 36.4 Å². The number of morpholine rings is 1. The molecule has 1 aromatic carbocycles. The SMILES string of the molecule is CN(Cc1ccccc1N1CCOCC1)C(=O)C1(N)CCOCC1.Cl.Cl. The zero-order valence-corrected chi connectivity index (χ0v) is 16.8. The van der Waals surface area contributed by atoms with Gasteiger partial charge in [0.15, 0.2) is 0 Å². The number of rotatable bonds is 4. The van der Waals surface area contributed by atoms with Gasteiger partial charge in [0, 0.05) is 45.6 Å². The number of carbonyl (C=O) groups excluding carboxylic acids is 1. The molecule has 0 atom stereocenters. The van der Waals surface area contributed by atoms with Gasteiger partial charge in [0.1, 0.15) is 0 Å². The Morgan fingerprint density at radius 2 is 1.69 bits per heavy atom. The molecule has 0 spiro atoms. The first kappa shape index (κ1) is 23.0. The van der Waals surface area contributed by atoms with Crippen molar-refractivity contribution in [1.29, 1.82) is 0 Å². The second-order valence-electron chi connectivity index (χ2n) is 6.66. The molecule has 2 N–H and O–H groups in total. The van der Waals surface area contributed by atoms with Gasteiger partial charge in [-0.3, -0.25) is 4.79 Å². The standard InChI is InChI=1S/C18H27N3O3.2ClH/c1-20(17(22)18(19)6-10-23-11-7-18)14-15-4-2-3-5-16(15)21-8-12-24-13-9-21;;/h2-5H,6-14,19H2,1H3;2*1H. The van der Waals surface area contributed by atoms with Gasteiger partial charge in [0.05, 0.1) is 18.8 Å². The van der Waals surface area contributed by atoms with Crippen molar-refractivity contribution in [3.05, 3.63) is 29.8 Å². The maximum atomic E-state index is 12.8. The summed E-state index contributed by atoms with van der Waals surface area (Å²) >= 11 is 0. The molecule has 0 bridgehead atoms. The number of hydrogen-bond acceptors (Lipinski definition) is 5. The van der Waals surface area contributed by atoms with Gasteiger partial charge in [0.2, 0.25) is 5.91 Å². The number of carbonyl (C=O) groups is 1. The van der Waals surface area contributed by atoms with Crippen LogP contribution in [0.1, 0.15) is 18.4 Å². The average molecular weight is 406 g/mol. The summed E-state index contributed by atoms with van der Waals surface area (Å²) in [5, 5.41) is 0. The molecule has 0 unspecified atom stereocenters. The fourth-order valence-electron chi connectivity index (χ4n) is 3.41. The predicted molar refractivity (Wildman–Crippen MR) is 107 cm³/mol. The monoisotopic (exact) mass is 405 g/mol. The average Bonchev–Trinajstić information content (AvgIpc) is 2.63. The van der Waals surface area contributed by atoms with Crippen LogP contribution < -0.4 is 10.6 Å². The minimum absolute atomic E-state index is 0. The van der Waals surface area contributed by atoms with E-state index in [4.69, 9.17) is 15.2 Å². The third-order valence-electron chi connectivity index (χ3n) is 4.91. The summed E-state index contributed by atoms with van der Waals surface area (Å²) in [7, 11) is 1.84. The summed E-state index contributed by atoms with van der Waals surface area (Å²) in [6.07, 6.45) is 1.17. The summed E-state index contributed by atoms with van der Waals surface area (Å²) in [6, 6.07) is 8.26. The maximum Gasteiger partial charge on any atom is 0.242 e. The van der Waals surface area contributed by atoms with Crippen molar-refractivity contribution < 1.29 is 14.3 Å². The zero-order valence-electron chi connectivity index (χ0n) is 15.2. The van der Waals surface area contributed by atoms with Crippen molar-refractivity contribution in [3.63, 3.8) is 0 Å². The molecule has 8 heteroatoms. The van der Waals surface area contributed by atoms with Crippen LogP contribution in [0, 0.1) is 0 Å². The quantitative estimate of drug-likeness (QED) is 0.827. The first-order chi connectivity index (χ1) is 11.6. The highest BCUT2D eigenvalue weighted by molar-refractivity contribution is 5.86. The largest absolute Gasteiger partial charge is 0.381 e. The highest BCUT2D eigenvalue weighted by Crippen LogP contribution is 2.25. The number of halogens is 2. The molecule has 0 aliphatic carbocycles. The van der Waals surface area contributed by atoms with Crippen molar-refractivity contribution in [2.24, 2.45) is 5.73 Å². The minimum Gasteiger partial charge on any atom is -0.381 e. The van der Waals surface area contributed by atoms with Gasteiger partial charge in [-0.1, -0.05) is 18.2 Å². The normalized spacial score (nSPS) is 19.1. The van der Waals surface area contributed by atoms with Gasteiger partial charge in [-0.15, -0.1) is 24.8 Å². The van der Waals surface area contributed by atoms with Crippen LogP contribution in [0.5, 0.6) is 0 Å². The van der Waals surface area contributed by atoms with E-state index < -0.39 is 5.54 Å². The lowest BCUT2D eigenvalue weighted by Crippen LogP contribution is -2.57. The molecule has 0 aromatic heterocycles. The number of anilines is 1. The van der Waals surface area contributed by atoms with Crippen molar-refractivity contribution in [2.75, 3.05) is 51.5 Å². The topological polar surface area (TPSA) is 68.0 Å². The predicted octanol–water partition coefficient (Wildman–Crippen LogP) is 1.83. The molecule has 2 heterocycles. The highest BCUT2D eigenvalue weighted by Gasteiger charge is 2.38. The third-order valence-corrected chi connectivity index (χ3v) is 4.91. The Hall–Kier alpha value is -1.05. The summed E-state index contributed by atoms with van der Waals surface area (Å²) in [6.45, 7) is 4.93. The van der Waals surface area contributed by atoms with E-state index in [9.17, 15) is 4.79 Å². The molecule has 6 nitrogen and oxygen atoms in total. The molecular formula is C18H29Cl2N3O3. The van der Waals surface area contributed by atoms with Gasteiger partial charge in [-0.2, -0.15) is 0 Å². The Morgan fingerprint density at radius 3 is 2.35 bits per heavy atom. The minimum atomic E-state index is -0.791. The lowest BCUT2D eigenvalue weighted by Gasteiger charge is -2.36. The highest BCUT2D eigenvalue weighted by atomic mass is 35.5. The van der Waals surface area contributed by atoms with Gasteiger partial charge in [0.25, 0.3) is 0 Å². The van der Waals surface area contributed by atoms with E-state index in [1.807, 2.05) is 19.2 Å². The number of para-hydroxylation sites is 1. The fraction of sp³-hybridized carbons (Fsp3) is 0.611. The molecule has 1 aromatic rings. The van der Waals surface area contributed by atoms with E-state index in [1.54, 1.807) is 4.90 Å². The molecule has 1 amide bonds. The Labute approximate surface area is 167 Å². The Morgan fingerprint density at radius 1 is 1.12 bits per heavy atom. The van der Waals surface area contributed by atoms with E-state index in [1.165, 1.54) is 5.69 Å². The van der Waals surface area contributed by atoms with Crippen LogP contribution in [0.4, 0.5) is 5.69 Å². The second kappa shape index (κ2) is 10.3. The molecule has 0 radical (unpaired) electrons. The van der Waals surface area contributed by atoms with E-state index >= 15 is 0 Å². The summed E-state index contributed by atoms with van der Waals surface area (Å²) < 4.78 is 10.8. The van der Waals surface area contributed by atoms with Gasteiger partial charge >= 0.3 is 0 Å². The smallest absolute Gasteiger partial charge is 0.242 e. The van der Waals surface area contributed by atoms with Crippen molar-refractivity contribution in [2.45, 2.75) is 24.9 Å².